The van der Waals surface area contributed by atoms with Gasteiger partial charge in [0.25, 0.3) is 0 Å². The van der Waals surface area contributed by atoms with Crippen LogP contribution in [0.3, 0.4) is 0 Å². The highest BCUT2D eigenvalue weighted by Gasteiger charge is 2.21. The second-order valence-corrected chi connectivity index (χ2v) is 4.43. The third kappa shape index (κ3) is 2.22. The topological polar surface area (TPSA) is 21.3 Å². The first-order valence-corrected chi connectivity index (χ1v) is 6.26. The molecule has 2 heteroatoms. The van der Waals surface area contributed by atoms with E-state index in [0.717, 1.165) is 18.7 Å². The first kappa shape index (κ1) is 11.5. The van der Waals surface area contributed by atoms with Crippen molar-refractivity contribution in [2.24, 2.45) is 0 Å². The highest BCUT2D eigenvalue weighted by molar-refractivity contribution is 5.43. The molecule has 0 unspecified atom stereocenters. The number of methoxy groups -OCH3 is 1. The summed E-state index contributed by atoms with van der Waals surface area (Å²) < 4.78 is 5.44. The fourth-order valence-electron chi connectivity index (χ4n) is 2.54. The molecule has 2 nitrogen and oxygen atoms in total. The Labute approximate surface area is 98.0 Å². The molecule has 0 fully saturated rings. The fourth-order valence-corrected chi connectivity index (χ4v) is 2.54. The average molecular weight is 219 g/mol. The molecule has 0 radical (unpaired) electrons. The predicted octanol–water partition coefficient (Wildman–Crippen LogP) is 3.07. The van der Waals surface area contributed by atoms with Crippen LogP contribution in [0.25, 0.3) is 0 Å². The molecule has 1 atom stereocenters. The Morgan fingerprint density at radius 2 is 2.31 bits per heavy atom. The zero-order valence-corrected chi connectivity index (χ0v) is 10.3. The van der Waals surface area contributed by atoms with Gasteiger partial charge >= 0.3 is 0 Å². The van der Waals surface area contributed by atoms with Crippen molar-refractivity contribution >= 4 is 0 Å². The molecule has 88 valence electrons. The minimum Gasteiger partial charge on any atom is -0.496 e. The van der Waals surface area contributed by atoms with E-state index in [1.165, 1.54) is 30.4 Å². The lowest BCUT2D eigenvalue weighted by Crippen LogP contribution is -2.26. The lowest BCUT2D eigenvalue weighted by Gasteiger charge is -2.27. The maximum atomic E-state index is 5.44. The molecule has 1 aliphatic carbocycles. The van der Waals surface area contributed by atoms with Gasteiger partial charge in [-0.2, -0.15) is 0 Å². The summed E-state index contributed by atoms with van der Waals surface area (Å²) in [5.41, 5.74) is 2.85. The van der Waals surface area contributed by atoms with Crippen molar-refractivity contribution in [2.75, 3.05) is 13.7 Å². The maximum absolute atomic E-state index is 5.44. The molecule has 16 heavy (non-hydrogen) atoms. The minimum atomic E-state index is 0.527. The van der Waals surface area contributed by atoms with Gasteiger partial charge in [-0.3, -0.25) is 0 Å². The quantitative estimate of drug-likeness (QED) is 0.840. The average Bonchev–Trinajstić information content (AvgIpc) is 2.35. The number of ether oxygens (including phenoxy) is 1. The van der Waals surface area contributed by atoms with Crippen LogP contribution in [-0.2, 0) is 6.42 Å². The number of hydrogen-bond acceptors (Lipinski definition) is 2. The van der Waals surface area contributed by atoms with Crippen LogP contribution in [0.2, 0.25) is 0 Å². The molecule has 0 aromatic heterocycles. The second kappa shape index (κ2) is 5.35. The third-order valence-electron chi connectivity index (χ3n) is 3.32. The van der Waals surface area contributed by atoms with Crippen molar-refractivity contribution in [2.45, 2.75) is 38.6 Å². The molecule has 2 rings (SSSR count). The van der Waals surface area contributed by atoms with E-state index in [1.807, 2.05) is 0 Å². The summed E-state index contributed by atoms with van der Waals surface area (Å²) in [6.07, 6.45) is 4.86. The first-order chi connectivity index (χ1) is 7.86. The predicted molar refractivity (Wildman–Crippen MR) is 67.0 cm³/mol. The Balaban J connectivity index is 2.24. The molecule has 0 spiro atoms. The Hall–Kier alpha value is -1.02. The van der Waals surface area contributed by atoms with Crippen molar-refractivity contribution < 1.29 is 4.74 Å². The molecule has 1 aliphatic rings. The summed E-state index contributed by atoms with van der Waals surface area (Å²) in [4.78, 5) is 0. The van der Waals surface area contributed by atoms with Gasteiger partial charge in [-0.05, 0) is 49.4 Å². The van der Waals surface area contributed by atoms with E-state index >= 15 is 0 Å². The van der Waals surface area contributed by atoms with Crippen LogP contribution in [0.1, 0.15) is 43.4 Å². The summed E-state index contributed by atoms with van der Waals surface area (Å²) in [6, 6.07) is 6.94. The van der Waals surface area contributed by atoms with Gasteiger partial charge in [-0.1, -0.05) is 19.1 Å². The molecule has 1 aromatic rings. The van der Waals surface area contributed by atoms with Gasteiger partial charge in [0.1, 0.15) is 5.75 Å². The summed E-state index contributed by atoms with van der Waals surface area (Å²) in [6.45, 7) is 3.31. The molecule has 0 saturated carbocycles. The van der Waals surface area contributed by atoms with E-state index in [0.29, 0.717) is 6.04 Å². The van der Waals surface area contributed by atoms with Gasteiger partial charge in [0.2, 0.25) is 0 Å². The van der Waals surface area contributed by atoms with Crippen LogP contribution in [-0.4, -0.2) is 13.7 Å². The number of rotatable bonds is 4. The molecule has 1 aromatic carbocycles. The second-order valence-electron chi connectivity index (χ2n) is 4.43. The largest absolute Gasteiger partial charge is 0.496 e. The number of nitrogens with one attached hydrogen (secondary N) is 1. The Kier molecular flexibility index (Phi) is 3.83. The first-order valence-electron chi connectivity index (χ1n) is 6.26. The van der Waals surface area contributed by atoms with Crippen molar-refractivity contribution in [3.05, 3.63) is 29.3 Å². The summed E-state index contributed by atoms with van der Waals surface area (Å²) >= 11 is 0. The van der Waals surface area contributed by atoms with Gasteiger partial charge in [-0.15, -0.1) is 0 Å². The van der Waals surface area contributed by atoms with Gasteiger partial charge in [-0.25, -0.2) is 0 Å². The number of fused-ring (bicyclic) bond motifs is 1. The normalized spacial score (nSPS) is 19.2. The van der Waals surface area contributed by atoms with Crippen LogP contribution >= 0.6 is 0 Å². The minimum absolute atomic E-state index is 0.527. The number of benzene rings is 1. The monoisotopic (exact) mass is 219 g/mol. The molecule has 0 aliphatic heterocycles. The molecular formula is C14H21NO. The molecular weight excluding hydrogens is 198 g/mol. The van der Waals surface area contributed by atoms with Crippen molar-refractivity contribution in [3.63, 3.8) is 0 Å². The standard InChI is InChI=1S/C14H21NO/c1-3-10-15-13-8-4-7-12-11(13)6-5-9-14(12)16-2/h5-6,9,13,15H,3-4,7-8,10H2,1-2H3/t13-/m0/s1. The van der Waals surface area contributed by atoms with E-state index in [2.05, 4.69) is 30.4 Å². The Bertz CT molecular complexity index is 349. The van der Waals surface area contributed by atoms with Crippen LogP contribution in [0, 0.1) is 0 Å². The van der Waals surface area contributed by atoms with Crippen molar-refractivity contribution in [1.82, 2.24) is 5.32 Å². The SMILES string of the molecule is CCCN[C@H]1CCCc2c(OC)cccc21. The van der Waals surface area contributed by atoms with Gasteiger partial charge in [0, 0.05) is 6.04 Å². The lowest BCUT2D eigenvalue weighted by molar-refractivity contribution is 0.396. The summed E-state index contributed by atoms with van der Waals surface area (Å²) in [7, 11) is 1.76. The summed E-state index contributed by atoms with van der Waals surface area (Å²) in [5.74, 6) is 1.06. The van der Waals surface area contributed by atoms with E-state index in [-0.39, 0.29) is 0 Å². The van der Waals surface area contributed by atoms with Crippen LogP contribution in [0.4, 0.5) is 0 Å². The van der Waals surface area contributed by atoms with E-state index < -0.39 is 0 Å². The van der Waals surface area contributed by atoms with E-state index in [4.69, 9.17) is 4.74 Å². The Morgan fingerprint density at radius 3 is 3.06 bits per heavy atom. The van der Waals surface area contributed by atoms with Gasteiger partial charge < -0.3 is 10.1 Å². The smallest absolute Gasteiger partial charge is 0.122 e. The highest BCUT2D eigenvalue weighted by Crippen LogP contribution is 2.34. The van der Waals surface area contributed by atoms with Crippen molar-refractivity contribution in [1.29, 1.82) is 0 Å². The third-order valence-corrected chi connectivity index (χ3v) is 3.32. The lowest BCUT2D eigenvalue weighted by atomic mass is 9.87. The van der Waals surface area contributed by atoms with E-state index in [1.54, 1.807) is 7.11 Å². The van der Waals surface area contributed by atoms with Crippen LogP contribution in [0.5, 0.6) is 5.75 Å². The number of hydrogen-bond donors (Lipinski definition) is 1. The molecule has 0 amide bonds. The molecule has 0 bridgehead atoms. The Morgan fingerprint density at radius 1 is 1.44 bits per heavy atom. The molecule has 0 saturated heterocycles. The highest BCUT2D eigenvalue weighted by atomic mass is 16.5. The van der Waals surface area contributed by atoms with Crippen molar-refractivity contribution in [3.8, 4) is 5.75 Å². The molecule has 0 heterocycles. The van der Waals surface area contributed by atoms with Crippen LogP contribution < -0.4 is 10.1 Å². The van der Waals surface area contributed by atoms with Gasteiger partial charge in [0.15, 0.2) is 0 Å². The zero-order chi connectivity index (χ0) is 11.4. The zero-order valence-electron chi connectivity index (χ0n) is 10.3. The van der Waals surface area contributed by atoms with Gasteiger partial charge in [0.05, 0.1) is 7.11 Å². The maximum Gasteiger partial charge on any atom is 0.122 e. The van der Waals surface area contributed by atoms with E-state index in [9.17, 15) is 0 Å². The van der Waals surface area contributed by atoms with Crippen LogP contribution in [0.15, 0.2) is 18.2 Å². The fraction of sp³-hybridized carbons (Fsp3) is 0.571. The molecule has 1 N–H and O–H groups in total. The summed E-state index contributed by atoms with van der Waals surface area (Å²) in [5, 5.41) is 3.62.